The zero-order chi connectivity index (χ0) is 13.7. The van der Waals surface area contributed by atoms with Gasteiger partial charge in [-0.05, 0) is 38.1 Å². The first-order valence-corrected chi connectivity index (χ1v) is 6.18. The average Bonchev–Trinajstić information content (AvgIpc) is 2.23. The Morgan fingerprint density at radius 1 is 1.44 bits per heavy atom. The minimum atomic E-state index is -0.139. The van der Waals surface area contributed by atoms with E-state index in [9.17, 15) is 4.79 Å². The number of halogens is 1. The molecule has 0 spiro atoms. The van der Waals surface area contributed by atoms with E-state index in [1.807, 2.05) is 26.0 Å². The lowest BCUT2D eigenvalue weighted by Gasteiger charge is -2.16. The van der Waals surface area contributed by atoms with Gasteiger partial charge in [-0.15, -0.1) is 0 Å². The van der Waals surface area contributed by atoms with Gasteiger partial charge in [0.15, 0.2) is 0 Å². The third kappa shape index (κ3) is 4.29. The number of aliphatic hydroxyl groups is 1. The Bertz CT molecular complexity index is 412. The quantitative estimate of drug-likeness (QED) is 0.858. The van der Waals surface area contributed by atoms with Crippen molar-refractivity contribution in [3.05, 3.63) is 28.3 Å². The van der Waals surface area contributed by atoms with Crippen LogP contribution in [0.4, 0.5) is 5.69 Å². The van der Waals surface area contributed by atoms with Crippen molar-refractivity contribution >= 4 is 23.2 Å². The van der Waals surface area contributed by atoms with Crippen LogP contribution in [0.25, 0.3) is 0 Å². The second-order valence-electron chi connectivity index (χ2n) is 4.45. The van der Waals surface area contributed by atoms with Crippen molar-refractivity contribution in [1.82, 2.24) is 4.90 Å². The highest BCUT2D eigenvalue weighted by Crippen LogP contribution is 2.27. The number of aryl methyl sites for hydroxylation is 2. The summed E-state index contributed by atoms with van der Waals surface area (Å²) in [5, 5.41) is 12.1. The van der Waals surface area contributed by atoms with Crippen LogP contribution in [0.3, 0.4) is 0 Å². The molecule has 0 radical (unpaired) electrons. The molecular formula is C13H19ClN2O2. The summed E-state index contributed by atoms with van der Waals surface area (Å²) in [6.45, 7) is 4.60. The van der Waals surface area contributed by atoms with Crippen molar-refractivity contribution in [2.45, 2.75) is 13.8 Å². The van der Waals surface area contributed by atoms with Gasteiger partial charge in [-0.2, -0.15) is 0 Å². The number of amides is 1. The van der Waals surface area contributed by atoms with Crippen molar-refractivity contribution in [2.24, 2.45) is 0 Å². The highest BCUT2D eigenvalue weighted by molar-refractivity contribution is 6.34. The van der Waals surface area contributed by atoms with Gasteiger partial charge in [0, 0.05) is 6.54 Å². The van der Waals surface area contributed by atoms with E-state index in [0.29, 0.717) is 17.3 Å². The predicted octanol–water partition coefficient (Wildman–Crippen LogP) is 1.82. The SMILES string of the molecule is Cc1cc(C)c(NC(=O)CN(C)CCO)c(Cl)c1. The number of hydrogen-bond acceptors (Lipinski definition) is 3. The topological polar surface area (TPSA) is 52.6 Å². The summed E-state index contributed by atoms with van der Waals surface area (Å²) < 4.78 is 0. The fourth-order valence-electron chi connectivity index (χ4n) is 1.75. The molecule has 1 rings (SSSR count). The van der Waals surface area contributed by atoms with Crippen molar-refractivity contribution in [2.75, 3.05) is 32.1 Å². The maximum Gasteiger partial charge on any atom is 0.238 e. The van der Waals surface area contributed by atoms with Gasteiger partial charge in [0.05, 0.1) is 23.9 Å². The van der Waals surface area contributed by atoms with Crippen LogP contribution in [0.15, 0.2) is 12.1 Å². The van der Waals surface area contributed by atoms with Crippen molar-refractivity contribution < 1.29 is 9.90 Å². The standard InChI is InChI=1S/C13H19ClN2O2/c1-9-6-10(2)13(11(14)7-9)15-12(18)8-16(3)4-5-17/h6-7,17H,4-5,8H2,1-3H3,(H,15,18). The van der Waals surface area contributed by atoms with Gasteiger partial charge in [-0.1, -0.05) is 17.7 Å². The van der Waals surface area contributed by atoms with Gasteiger partial charge >= 0.3 is 0 Å². The molecule has 0 saturated heterocycles. The minimum absolute atomic E-state index is 0.0358. The molecule has 0 aliphatic carbocycles. The van der Waals surface area contributed by atoms with Crippen LogP contribution in [0.1, 0.15) is 11.1 Å². The van der Waals surface area contributed by atoms with Gasteiger partial charge in [0.25, 0.3) is 0 Å². The molecule has 0 aliphatic rings. The summed E-state index contributed by atoms with van der Waals surface area (Å²) >= 11 is 6.11. The number of carbonyl (C=O) groups is 1. The van der Waals surface area contributed by atoms with Gasteiger partial charge in [-0.3, -0.25) is 9.69 Å². The summed E-state index contributed by atoms with van der Waals surface area (Å²) in [5.74, 6) is -0.139. The molecule has 0 saturated carbocycles. The van der Waals surface area contributed by atoms with Crippen LogP contribution in [0.5, 0.6) is 0 Å². The van der Waals surface area contributed by atoms with Crippen molar-refractivity contribution in [3.63, 3.8) is 0 Å². The zero-order valence-electron chi connectivity index (χ0n) is 11.0. The number of likely N-dealkylation sites (N-methyl/N-ethyl adjacent to an activating group) is 1. The van der Waals surface area contributed by atoms with Gasteiger partial charge < -0.3 is 10.4 Å². The smallest absolute Gasteiger partial charge is 0.238 e. The first kappa shape index (κ1) is 15.0. The summed E-state index contributed by atoms with van der Waals surface area (Å²) in [4.78, 5) is 13.5. The van der Waals surface area contributed by atoms with E-state index < -0.39 is 0 Å². The summed E-state index contributed by atoms with van der Waals surface area (Å²) in [5.41, 5.74) is 2.66. The molecule has 0 fully saturated rings. The lowest BCUT2D eigenvalue weighted by Crippen LogP contribution is -2.32. The number of nitrogens with one attached hydrogen (secondary N) is 1. The van der Waals surface area contributed by atoms with Gasteiger partial charge in [-0.25, -0.2) is 0 Å². The number of rotatable bonds is 5. The average molecular weight is 271 g/mol. The Balaban J connectivity index is 2.70. The molecule has 0 aliphatic heterocycles. The Morgan fingerprint density at radius 3 is 2.67 bits per heavy atom. The zero-order valence-corrected chi connectivity index (χ0v) is 11.7. The lowest BCUT2D eigenvalue weighted by atomic mass is 10.1. The molecule has 0 heterocycles. The van der Waals surface area contributed by atoms with Crippen LogP contribution in [0, 0.1) is 13.8 Å². The Morgan fingerprint density at radius 2 is 2.11 bits per heavy atom. The van der Waals surface area contributed by atoms with E-state index in [0.717, 1.165) is 11.1 Å². The molecule has 0 unspecified atom stereocenters. The molecule has 1 amide bonds. The van der Waals surface area contributed by atoms with Crippen LogP contribution < -0.4 is 5.32 Å². The monoisotopic (exact) mass is 270 g/mol. The van der Waals surface area contributed by atoms with Crippen molar-refractivity contribution in [3.8, 4) is 0 Å². The summed E-state index contributed by atoms with van der Waals surface area (Å²) in [6, 6.07) is 3.79. The van der Waals surface area contributed by atoms with Crippen LogP contribution in [-0.2, 0) is 4.79 Å². The third-order valence-electron chi connectivity index (χ3n) is 2.59. The molecule has 4 nitrogen and oxygen atoms in total. The molecule has 1 aromatic carbocycles. The number of anilines is 1. The largest absolute Gasteiger partial charge is 0.395 e. The van der Waals surface area contributed by atoms with E-state index in [4.69, 9.17) is 16.7 Å². The number of aliphatic hydroxyl groups excluding tert-OH is 1. The summed E-state index contributed by atoms with van der Waals surface area (Å²) in [7, 11) is 1.78. The second kappa shape index (κ2) is 6.73. The Labute approximate surface area is 113 Å². The van der Waals surface area contributed by atoms with Crippen molar-refractivity contribution in [1.29, 1.82) is 0 Å². The van der Waals surface area contributed by atoms with Gasteiger partial charge in [0.2, 0.25) is 5.91 Å². The Kier molecular flexibility index (Phi) is 5.59. The highest BCUT2D eigenvalue weighted by Gasteiger charge is 2.11. The van der Waals surface area contributed by atoms with Crippen LogP contribution in [0.2, 0.25) is 5.02 Å². The molecule has 2 N–H and O–H groups in total. The van der Waals surface area contributed by atoms with E-state index >= 15 is 0 Å². The molecule has 0 bridgehead atoms. The predicted molar refractivity (Wildman–Crippen MR) is 74.1 cm³/mol. The fraction of sp³-hybridized carbons (Fsp3) is 0.462. The first-order chi connectivity index (χ1) is 8.43. The number of hydrogen-bond donors (Lipinski definition) is 2. The molecule has 0 atom stereocenters. The normalized spacial score (nSPS) is 10.8. The third-order valence-corrected chi connectivity index (χ3v) is 2.89. The number of carbonyl (C=O) groups excluding carboxylic acids is 1. The lowest BCUT2D eigenvalue weighted by molar-refractivity contribution is -0.117. The highest BCUT2D eigenvalue weighted by atomic mass is 35.5. The van der Waals surface area contributed by atoms with Crippen LogP contribution in [-0.4, -0.2) is 42.7 Å². The summed E-state index contributed by atoms with van der Waals surface area (Å²) in [6.07, 6.45) is 0. The molecule has 5 heteroatoms. The maximum absolute atomic E-state index is 11.8. The molecule has 18 heavy (non-hydrogen) atoms. The fourth-order valence-corrected chi connectivity index (χ4v) is 2.12. The number of nitrogens with zero attached hydrogens (tertiary/aromatic N) is 1. The molecule has 1 aromatic rings. The number of benzene rings is 1. The molecule has 100 valence electrons. The molecule has 0 aromatic heterocycles. The second-order valence-corrected chi connectivity index (χ2v) is 4.86. The first-order valence-electron chi connectivity index (χ1n) is 5.80. The van der Waals surface area contributed by atoms with E-state index in [1.54, 1.807) is 11.9 Å². The van der Waals surface area contributed by atoms with Crippen LogP contribution >= 0.6 is 11.6 Å². The van der Waals surface area contributed by atoms with Gasteiger partial charge in [0.1, 0.15) is 0 Å². The molecular weight excluding hydrogens is 252 g/mol. The van der Waals surface area contributed by atoms with E-state index in [1.165, 1.54) is 0 Å². The Hall–Kier alpha value is -1.10. The van der Waals surface area contributed by atoms with E-state index in [2.05, 4.69) is 5.32 Å². The maximum atomic E-state index is 11.8. The minimum Gasteiger partial charge on any atom is -0.395 e. The van der Waals surface area contributed by atoms with E-state index in [-0.39, 0.29) is 19.1 Å².